The van der Waals surface area contributed by atoms with Crippen LogP contribution < -0.4 is 0 Å². The van der Waals surface area contributed by atoms with Gasteiger partial charge in [0.25, 0.3) is 0 Å². The predicted octanol–water partition coefficient (Wildman–Crippen LogP) is 6.12. The number of benzene rings is 2. The van der Waals surface area contributed by atoms with E-state index in [0.29, 0.717) is 13.1 Å². The zero-order valence-corrected chi connectivity index (χ0v) is 18.0. The van der Waals surface area contributed by atoms with E-state index in [-0.39, 0.29) is 11.8 Å². The van der Waals surface area contributed by atoms with Gasteiger partial charge in [0.2, 0.25) is 5.91 Å². The summed E-state index contributed by atoms with van der Waals surface area (Å²) in [6.45, 7) is 6.26. The van der Waals surface area contributed by atoms with Crippen molar-refractivity contribution in [2.75, 3.05) is 6.54 Å². The number of halogens is 1. The summed E-state index contributed by atoms with van der Waals surface area (Å²) in [5, 5.41) is 0.767. The van der Waals surface area contributed by atoms with E-state index in [1.165, 1.54) is 0 Å². The Balaban J connectivity index is 1.80. The summed E-state index contributed by atoms with van der Waals surface area (Å²) in [5.41, 5.74) is 3.29. The number of hydrogen-bond donors (Lipinski definition) is 0. The van der Waals surface area contributed by atoms with Crippen molar-refractivity contribution in [3.63, 3.8) is 0 Å². The Kier molecular flexibility index (Phi) is 7.54. The molecule has 0 radical (unpaired) electrons. The highest BCUT2D eigenvalue weighted by Gasteiger charge is 2.24. The minimum Gasteiger partial charge on any atom is -0.345 e. The van der Waals surface area contributed by atoms with Gasteiger partial charge in [-0.3, -0.25) is 4.79 Å². The molecule has 2 aromatic carbocycles. The van der Waals surface area contributed by atoms with Crippen LogP contribution in [0, 0.1) is 0 Å². The Morgan fingerprint density at radius 3 is 2.41 bits per heavy atom. The standard InChI is InChI=1S/C25H29ClN2O/c1-3-16-28(25(29)23(4-2)20-11-6-5-7-12-20)19-22-14-10-17-27(22)18-21-13-8-9-15-24(21)26/h5-15,17,23H,3-4,16,18-19H2,1-2H3/t23-/m0/s1. The van der Waals surface area contributed by atoms with Gasteiger partial charge >= 0.3 is 0 Å². The van der Waals surface area contributed by atoms with E-state index < -0.39 is 0 Å². The molecule has 3 rings (SSSR count). The fourth-order valence-corrected chi connectivity index (χ4v) is 3.94. The third-order valence-electron chi connectivity index (χ3n) is 5.29. The molecule has 0 fully saturated rings. The molecule has 0 saturated carbocycles. The summed E-state index contributed by atoms with van der Waals surface area (Å²) in [6, 6.07) is 22.1. The number of carbonyl (C=O) groups is 1. The van der Waals surface area contributed by atoms with Crippen LogP contribution >= 0.6 is 11.6 Å². The number of rotatable bonds is 9. The molecule has 152 valence electrons. The van der Waals surface area contributed by atoms with Crippen molar-refractivity contribution in [3.8, 4) is 0 Å². The average Bonchev–Trinajstić information content (AvgIpc) is 3.17. The van der Waals surface area contributed by atoms with Crippen molar-refractivity contribution in [2.24, 2.45) is 0 Å². The highest BCUT2D eigenvalue weighted by molar-refractivity contribution is 6.31. The molecule has 1 aromatic heterocycles. The summed E-state index contributed by atoms with van der Waals surface area (Å²) in [7, 11) is 0. The molecular weight excluding hydrogens is 380 g/mol. The van der Waals surface area contributed by atoms with Gasteiger partial charge in [-0.25, -0.2) is 0 Å². The molecule has 0 unspecified atom stereocenters. The molecule has 1 atom stereocenters. The number of carbonyl (C=O) groups excluding carboxylic acids is 1. The summed E-state index contributed by atoms with van der Waals surface area (Å²) in [4.78, 5) is 15.4. The van der Waals surface area contributed by atoms with E-state index in [2.05, 4.69) is 42.8 Å². The SMILES string of the molecule is CCCN(Cc1cccn1Cc1ccccc1Cl)C(=O)[C@@H](CC)c1ccccc1. The zero-order valence-electron chi connectivity index (χ0n) is 17.2. The van der Waals surface area contributed by atoms with Crippen molar-refractivity contribution in [2.45, 2.75) is 45.7 Å². The number of hydrogen-bond acceptors (Lipinski definition) is 1. The maximum absolute atomic E-state index is 13.4. The molecule has 3 aromatic rings. The molecule has 0 N–H and O–H groups in total. The third kappa shape index (κ3) is 5.30. The summed E-state index contributed by atoms with van der Waals surface area (Å²) < 4.78 is 2.18. The van der Waals surface area contributed by atoms with E-state index >= 15 is 0 Å². The zero-order chi connectivity index (χ0) is 20.6. The molecule has 0 aliphatic heterocycles. The van der Waals surface area contributed by atoms with Crippen LogP contribution in [0.5, 0.6) is 0 Å². The monoisotopic (exact) mass is 408 g/mol. The first-order chi connectivity index (χ1) is 14.1. The summed E-state index contributed by atoms with van der Waals surface area (Å²) in [6.07, 6.45) is 3.79. The average molecular weight is 409 g/mol. The minimum atomic E-state index is -0.102. The van der Waals surface area contributed by atoms with Gasteiger partial charge in [-0.2, -0.15) is 0 Å². The molecule has 3 nitrogen and oxygen atoms in total. The first-order valence-corrected chi connectivity index (χ1v) is 10.7. The van der Waals surface area contributed by atoms with Crippen LogP contribution in [0.15, 0.2) is 72.9 Å². The van der Waals surface area contributed by atoms with Crippen LogP contribution in [0.4, 0.5) is 0 Å². The summed E-state index contributed by atoms with van der Waals surface area (Å²) in [5.74, 6) is 0.0979. The molecular formula is C25H29ClN2O. The van der Waals surface area contributed by atoms with Crippen LogP contribution in [-0.4, -0.2) is 21.9 Å². The lowest BCUT2D eigenvalue weighted by molar-refractivity contribution is -0.133. The molecule has 0 saturated heterocycles. The van der Waals surface area contributed by atoms with Gasteiger partial charge in [0.15, 0.2) is 0 Å². The molecule has 1 heterocycles. The van der Waals surface area contributed by atoms with Crippen LogP contribution in [0.1, 0.15) is 49.4 Å². The van der Waals surface area contributed by atoms with Gasteiger partial charge in [0, 0.05) is 30.0 Å². The Labute approximate surface area is 178 Å². The van der Waals surface area contributed by atoms with E-state index in [1.807, 2.05) is 53.4 Å². The third-order valence-corrected chi connectivity index (χ3v) is 5.66. The second-order valence-corrected chi connectivity index (χ2v) is 7.76. The quantitative estimate of drug-likeness (QED) is 0.418. The highest BCUT2D eigenvalue weighted by atomic mass is 35.5. The second-order valence-electron chi connectivity index (χ2n) is 7.35. The van der Waals surface area contributed by atoms with Gasteiger partial charge in [-0.1, -0.05) is 74.0 Å². The number of nitrogens with zero attached hydrogens (tertiary/aromatic N) is 2. The van der Waals surface area contributed by atoms with Gasteiger partial charge in [0.05, 0.1) is 12.5 Å². The predicted molar refractivity (Wildman–Crippen MR) is 120 cm³/mol. The Bertz CT molecular complexity index is 919. The maximum Gasteiger partial charge on any atom is 0.230 e. The van der Waals surface area contributed by atoms with Crippen molar-refractivity contribution >= 4 is 17.5 Å². The first kappa shape index (κ1) is 21.2. The Hall–Kier alpha value is -2.52. The lowest BCUT2D eigenvalue weighted by Gasteiger charge is -2.27. The molecule has 0 spiro atoms. The normalized spacial score (nSPS) is 12.0. The van der Waals surface area contributed by atoms with E-state index in [4.69, 9.17) is 11.6 Å². The topological polar surface area (TPSA) is 25.2 Å². The van der Waals surface area contributed by atoms with Gasteiger partial charge in [0.1, 0.15) is 0 Å². The van der Waals surface area contributed by atoms with Crippen molar-refractivity contribution in [1.29, 1.82) is 0 Å². The molecule has 1 amide bonds. The fourth-order valence-electron chi connectivity index (χ4n) is 3.75. The second kappa shape index (κ2) is 10.3. The fraction of sp³-hybridized carbons (Fsp3) is 0.320. The summed E-state index contributed by atoms with van der Waals surface area (Å²) >= 11 is 6.35. The first-order valence-electron chi connectivity index (χ1n) is 10.3. The van der Waals surface area contributed by atoms with E-state index in [9.17, 15) is 4.79 Å². The Morgan fingerprint density at radius 1 is 1.00 bits per heavy atom. The van der Waals surface area contributed by atoms with E-state index in [0.717, 1.165) is 41.2 Å². The highest BCUT2D eigenvalue weighted by Crippen LogP contribution is 2.24. The molecule has 0 bridgehead atoms. The molecule has 4 heteroatoms. The molecule has 0 aliphatic rings. The van der Waals surface area contributed by atoms with Crippen LogP contribution in [0.2, 0.25) is 5.02 Å². The van der Waals surface area contributed by atoms with Crippen molar-refractivity contribution in [1.82, 2.24) is 9.47 Å². The van der Waals surface area contributed by atoms with Crippen molar-refractivity contribution < 1.29 is 4.79 Å². The van der Waals surface area contributed by atoms with Crippen molar-refractivity contribution in [3.05, 3.63) is 94.8 Å². The van der Waals surface area contributed by atoms with Gasteiger partial charge < -0.3 is 9.47 Å². The molecule has 29 heavy (non-hydrogen) atoms. The number of amides is 1. The number of aromatic nitrogens is 1. The Morgan fingerprint density at radius 2 is 1.72 bits per heavy atom. The lowest BCUT2D eigenvalue weighted by Crippen LogP contribution is -2.36. The van der Waals surface area contributed by atoms with Gasteiger partial charge in [-0.05, 0) is 42.2 Å². The van der Waals surface area contributed by atoms with E-state index in [1.54, 1.807) is 0 Å². The van der Waals surface area contributed by atoms with Crippen LogP contribution in [-0.2, 0) is 17.9 Å². The molecule has 0 aliphatic carbocycles. The van der Waals surface area contributed by atoms with Gasteiger partial charge in [-0.15, -0.1) is 0 Å². The smallest absolute Gasteiger partial charge is 0.230 e. The lowest BCUT2D eigenvalue weighted by atomic mass is 9.95. The maximum atomic E-state index is 13.4. The largest absolute Gasteiger partial charge is 0.345 e. The van der Waals surface area contributed by atoms with Crippen LogP contribution in [0.3, 0.4) is 0 Å². The minimum absolute atomic E-state index is 0.102. The van der Waals surface area contributed by atoms with Crippen LogP contribution in [0.25, 0.3) is 0 Å².